The van der Waals surface area contributed by atoms with E-state index in [1.807, 2.05) is 18.2 Å². The van der Waals surface area contributed by atoms with Gasteiger partial charge in [0.1, 0.15) is 17.1 Å². The smallest absolute Gasteiger partial charge is 0.213 e. The van der Waals surface area contributed by atoms with Gasteiger partial charge < -0.3 is 19.7 Å². The molecule has 2 N–H and O–H groups in total. The summed E-state index contributed by atoms with van der Waals surface area (Å²) in [6.07, 6.45) is 5.00. The Morgan fingerprint density at radius 2 is 1.93 bits per heavy atom. The zero-order valence-corrected chi connectivity index (χ0v) is 16.2. The first-order valence-corrected chi connectivity index (χ1v) is 9.79. The third-order valence-electron chi connectivity index (χ3n) is 5.33. The van der Waals surface area contributed by atoms with Crippen LogP contribution in [0.5, 0.6) is 5.75 Å². The molecule has 0 aliphatic carbocycles. The number of phenols is 1. The van der Waals surface area contributed by atoms with Gasteiger partial charge >= 0.3 is 0 Å². The molecular formula is C23H20N4O3. The number of nitrogens with one attached hydrogen (secondary N) is 1. The second kappa shape index (κ2) is 7.61. The normalized spacial score (nSPS) is 14.2. The Morgan fingerprint density at radius 3 is 2.70 bits per heavy atom. The Balaban J connectivity index is 1.51. The molecule has 5 rings (SSSR count). The zero-order chi connectivity index (χ0) is 20.5. The lowest BCUT2D eigenvalue weighted by Crippen LogP contribution is -2.36. The molecule has 0 atom stereocenters. The molecule has 150 valence electrons. The predicted molar refractivity (Wildman–Crippen MR) is 114 cm³/mol. The van der Waals surface area contributed by atoms with Crippen LogP contribution in [0.4, 0.5) is 5.69 Å². The first kappa shape index (κ1) is 18.3. The Bertz CT molecular complexity index is 1210. The molecule has 0 amide bonds. The lowest BCUT2D eigenvalue weighted by Gasteiger charge is -2.29. The van der Waals surface area contributed by atoms with Crippen molar-refractivity contribution in [2.45, 2.75) is 0 Å². The number of phenolic OH excluding ortho intramolecular Hbond substituents is 1. The highest BCUT2D eigenvalue weighted by Gasteiger charge is 2.18. The highest BCUT2D eigenvalue weighted by Crippen LogP contribution is 2.34. The summed E-state index contributed by atoms with van der Waals surface area (Å²) >= 11 is 0. The van der Waals surface area contributed by atoms with Crippen LogP contribution < -0.4 is 4.90 Å². The van der Waals surface area contributed by atoms with Crippen molar-refractivity contribution in [2.75, 3.05) is 31.2 Å². The Kier molecular flexibility index (Phi) is 4.65. The van der Waals surface area contributed by atoms with Crippen LogP contribution >= 0.6 is 0 Å². The number of fused-ring (bicyclic) bond motifs is 1. The summed E-state index contributed by atoms with van der Waals surface area (Å²) in [6.45, 7) is 2.82. The van der Waals surface area contributed by atoms with E-state index in [1.54, 1.807) is 42.9 Å². The van der Waals surface area contributed by atoms with Crippen LogP contribution in [0.15, 0.2) is 61.1 Å². The molecule has 4 aromatic rings. The Hall–Kier alpha value is -3.71. The molecule has 7 heteroatoms. The minimum Gasteiger partial charge on any atom is -0.506 e. The van der Waals surface area contributed by atoms with Gasteiger partial charge in [0.15, 0.2) is 0 Å². The van der Waals surface area contributed by atoms with Crippen molar-refractivity contribution in [3.05, 3.63) is 72.3 Å². The van der Waals surface area contributed by atoms with Crippen molar-refractivity contribution in [2.24, 2.45) is 0 Å². The van der Waals surface area contributed by atoms with Gasteiger partial charge in [-0.15, -0.1) is 0 Å². The summed E-state index contributed by atoms with van der Waals surface area (Å²) in [7, 11) is 0. The van der Waals surface area contributed by atoms with Gasteiger partial charge in [-0.25, -0.2) is 4.98 Å². The maximum Gasteiger partial charge on any atom is 0.213 e. The number of anilines is 1. The zero-order valence-electron chi connectivity index (χ0n) is 16.2. The van der Waals surface area contributed by atoms with Gasteiger partial charge in [-0.3, -0.25) is 9.78 Å². The molecular weight excluding hydrogens is 380 g/mol. The third-order valence-corrected chi connectivity index (χ3v) is 5.33. The Morgan fingerprint density at radius 1 is 1.07 bits per heavy atom. The van der Waals surface area contributed by atoms with Crippen LogP contribution in [-0.2, 0) is 4.74 Å². The lowest BCUT2D eigenvalue weighted by molar-refractivity contribution is 0.103. The van der Waals surface area contributed by atoms with Crippen LogP contribution in [-0.4, -0.2) is 52.1 Å². The van der Waals surface area contributed by atoms with Crippen molar-refractivity contribution in [3.63, 3.8) is 0 Å². The van der Waals surface area contributed by atoms with Crippen LogP contribution in [0.1, 0.15) is 16.1 Å². The number of aromatic amines is 1. The molecule has 0 saturated carbocycles. The molecule has 1 saturated heterocycles. The molecule has 30 heavy (non-hydrogen) atoms. The van der Waals surface area contributed by atoms with Crippen LogP contribution in [0.25, 0.3) is 22.2 Å². The van der Waals surface area contributed by atoms with E-state index in [4.69, 9.17) is 4.74 Å². The molecule has 0 unspecified atom stereocenters. The largest absolute Gasteiger partial charge is 0.506 e. The first-order chi connectivity index (χ1) is 14.7. The van der Waals surface area contributed by atoms with Crippen LogP contribution in [0.3, 0.4) is 0 Å². The van der Waals surface area contributed by atoms with E-state index < -0.39 is 0 Å². The van der Waals surface area contributed by atoms with Gasteiger partial charge in [-0.05, 0) is 35.9 Å². The number of aromatic nitrogens is 3. The molecule has 1 aliphatic heterocycles. The standard InChI is InChI=1S/C23H20N4O3/c28-21-12-15(4-5-20(21)27-7-9-30-10-8-27)16-11-17-18(14-26-23(17)25-13-16)22(29)19-3-1-2-6-24-19/h1-6,11-14,28H,7-10H2,(H,25,26). The van der Waals surface area contributed by atoms with E-state index in [9.17, 15) is 9.90 Å². The van der Waals surface area contributed by atoms with Gasteiger partial charge in [0, 0.05) is 42.6 Å². The average molecular weight is 400 g/mol. The van der Waals surface area contributed by atoms with Crippen LogP contribution in [0.2, 0.25) is 0 Å². The van der Waals surface area contributed by atoms with E-state index in [0.29, 0.717) is 30.1 Å². The van der Waals surface area contributed by atoms with E-state index in [0.717, 1.165) is 35.3 Å². The van der Waals surface area contributed by atoms with Crippen molar-refractivity contribution in [1.82, 2.24) is 15.0 Å². The number of rotatable bonds is 4. The second-order valence-corrected chi connectivity index (χ2v) is 7.17. The van der Waals surface area contributed by atoms with Gasteiger partial charge in [-0.2, -0.15) is 0 Å². The summed E-state index contributed by atoms with van der Waals surface area (Å²) in [5, 5.41) is 11.3. The van der Waals surface area contributed by atoms with Crippen LogP contribution in [0, 0.1) is 0 Å². The summed E-state index contributed by atoms with van der Waals surface area (Å²) in [5.74, 6) is 0.0552. The molecule has 0 radical (unpaired) electrons. The monoisotopic (exact) mass is 400 g/mol. The van der Waals surface area contributed by atoms with Crippen molar-refractivity contribution in [3.8, 4) is 16.9 Å². The predicted octanol–water partition coefficient (Wildman–Crippen LogP) is 3.40. The minimum absolute atomic E-state index is 0.161. The fourth-order valence-electron chi connectivity index (χ4n) is 3.76. The minimum atomic E-state index is -0.161. The number of pyridine rings is 2. The maximum absolute atomic E-state index is 12.9. The summed E-state index contributed by atoms with van der Waals surface area (Å²) in [6, 6.07) is 12.8. The number of hydrogen-bond donors (Lipinski definition) is 2. The number of nitrogens with zero attached hydrogens (tertiary/aromatic N) is 3. The van der Waals surface area contributed by atoms with Gasteiger partial charge in [0.05, 0.1) is 24.5 Å². The fraction of sp³-hybridized carbons (Fsp3) is 0.174. The van der Waals surface area contributed by atoms with E-state index in [2.05, 4.69) is 19.9 Å². The van der Waals surface area contributed by atoms with E-state index in [-0.39, 0.29) is 11.5 Å². The molecule has 0 bridgehead atoms. The molecule has 0 spiro atoms. The maximum atomic E-state index is 12.9. The molecule has 1 aliphatic rings. The van der Waals surface area contributed by atoms with Gasteiger partial charge in [-0.1, -0.05) is 12.1 Å². The number of hydrogen-bond acceptors (Lipinski definition) is 6. The highest BCUT2D eigenvalue weighted by atomic mass is 16.5. The van der Waals surface area contributed by atoms with Gasteiger partial charge in [0.2, 0.25) is 5.78 Å². The molecule has 3 aromatic heterocycles. The van der Waals surface area contributed by atoms with Gasteiger partial charge in [0.25, 0.3) is 0 Å². The first-order valence-electron chi connectivity index (χ1n) is 9.79. The SMILES string of the molecule is O=C(c1ccccn1)c1c[nH]c2ncc(-c3ccc(N4CCOCC4)c(O)c3)cc12. The lowest BCUT2D eigenvalue weighted by atomic mass is 10.0. The van der Waals surface area contributed by atoms with Crippen molar-refractivity contribution < 1.29 is 14.6 Å². The number of benzene rings is 1. The summed E-state index contributed by atoms with van der Waals surface area (Å²) in [5.41, 5.74) is 3.98. The topological polar surface area (TPSA) is 91.3 Å². The summed E-state index contributed by atoms with van der Waals surface area (Å²) in [4.78, 5) is 26.7. The molecule has 7 nitrogen and oxygen atoms in total. The number of ether oxygens (including phenoxy) is 1. The Labute approximate surface area is 173 Å². The number of carbonyl (C=O) groups is 1. The summed E-state index contributed by atoms with van der Waals surface area (Å²) < 4.78 is 5.38. The molecule has 1 fully saturated rings. The van der Waals surface area contributed by atoms with Crippen molar-refractivity contribution >= 4 is 22.5 Å². The van der Waals surface area contributed by atoms with E-state index >= 15 is 0 Å². The number of aromatic hydroxyl groups is 1. The van der Waals surface area contributed by atoms with Crippen molar-refractivity contribution in [1.29, 1.82) is 0 Å². The number of carbonyl (C=O) groups excluding carboxylic acids is 1. The number of morpholine rings is 1. The van der Waals surface area contributed by atoms with E-state index in [1.165, 1.54) is 0 Å². The number of H-pyrrole nitrogens is 1. The second-order valence-electron chi connectivity index (χ2n) is 7.17. The quantitative estimate of drug-likeness (QED) is 0.510. The fourth-order valence-corrected chi connectivity index (χ4v) is 3.76. The number of ketones is 1. The average Bonchev–Trinajstić information content (AvgIpc) is 3.23. The third kappa shape index (κ3) is 3.29. The molecule has 4 heterocycles. The highest BCUT2D eigenvalue weighted by molar-refractivity contribution is 6.15. The molecule has 1 aromatic carbocycles.